The molecule has 0 aliphatic carbocycles. The number of hydrogen-bond donors (Lipinski definition) is 0. The molecule has 0 aliphatic heterocycles. The van der Waals surface area contributed by atoms with Crippen LogP contribution in [0.4, 0.5) is 0 Å². The van der Waals surface area contributed by atoms with Crippen LogP contribution < -0.4 is 70.8 Å². The average molecular weight is 714 g/mol. The third-order valence-electron chi connectivity index (χ3n) is 5.26. The zero-order chi connectivity index (χ0) is 23.8. The van der Waals surface area contributed by atoms with Crippen LogP contribution in [0.3, 0.4) is 0 Å². The van der Waals surface area contributed by atoms with Crippen LogP contribution in [0.2, 0.25) is 10.8 Å². The summed E-state index contributed by atoms with van der Waals surface area (Å²) in [4.78, 5) is 0. The summed E-state index contributed by atoms with van der Waals surface area (Å²) in [6.45, 7) is 0. The molecule has 0 spiro atoms. The van der Waals surface area contributed by atoms with E-state index in [2.05, 4.69) is 121 Å². The van der Waals surface area contributed by atoms with Crippen molar-refractivity contribution in [1.29, 1.82) is 0 Å². The van der Waals surface area contributed by atoms with Gasteiger partial charge in [-0.1, -0.05) is 0 Å². The molecule has 0 radical (unpaired) electrons. The summed E-state index contributed by atoms with van der Waals surface area (Å²) < 4.78 is 0. The monoisotopic (exact) mass is 710 g/mol. The van der Waals surface area contributed by atoms with Gasteiger partial charge in [0.2, 0.25) is 0 Å². The Morgan fingerprint density at radius 1 is 0.368 bits per heavy atom. The summed E-state index contributed by atoms with van der Waals surface area (Å²) in [5, 5.41) is 7.64. The molecule has 4 rings (SSSR count). The second-order valence-electron chi connectivity index (χ2n) is 7.67. The topological polar surface area (TPSA) is 0 Å². The van der Waals surface area contributed by atoms with E-state index < -0.39 is 0 Å². The van der Waals surface area contributed by atoms with Gasteiger partial charge in [0, 0.05) is 0 Å². The standard InChI is InChI=1S/2C15H16P.4ClH.2Ni/c2*1-2-13-16(14-9-5-3-6-10-14)15-11-7-4-8-12-15;;;;;;/h2*3-12H,1-2,13H2;4*1H;;/q;;;;;;2*+2/p-4. The van der Waals surface area contributed by atoms with E-state index in [1.54, 1.807) is 0 Å². The van der Waals surface area contributed by atoms with Crippen molar-refractivity contribution >= 4 is 37.1 Å². The summed E-state index contributed by atoms with van der Waals surface area (Å²) in [6.07, 6.45) is 4.72. The molecule has 0 amide bonds. The van der Waals surface area contributed by atoms with E-state index in [0.29, 0.717) is 0 Å². The molecule has 8 heteroatoms. The van der Waals surface area contributed by atoms with Crippen molar-refractivity contribution in [2.24, 2.45) is 0 Å². The molecule has 4 aromatic rings. The fraction of sp³-hybridized carbons (Fsp3) is 0.200. The summed E-state index contributed by atoms with van der Waals surface area (Å²) in [6, 6.07) is 43.3. The van der Waals surface area contributed by atoms with Gasteiger partial charge in [0.25, 0.3) is 0 Å². The Morgan fingerprint density at radius 3 is 0.763 bits per heavy atom. The molecule has 38 heavy (non-hydrogen) atoms. The van der Waals surface area contributed by atoms with Crippen LogP contribution in [0.25, 0.3) is 0 Å². The van der Waals surface area contributed by atoms with Gasteiger partial charge in [0.05, 0.1) is 0 Å². The van der Waals surface area contributed by atoms with Crippen LogP contribution in [-0.2, 0) is 30.9 Å². The van der Waals surface area contributed by atoms with E-state index in [1.807, 2.05) is 0 Å². The van der Waals surface area contributed by atoms with E-state index in [1.165, 1.54) is 33.5 Å². The van der Waals surface area contributed by atoms with Gasteiger partial charge in [0.15, 0.2) is 0 Å². The van der Waals surface area contributed by atoms with Crippen molar-refractivity contribution in [2.45, 2.75) is 23.6 Å². The number of rotatable bonds is 10. The first-order valence-electron chi connectivity index (χ1n) is 11.6. The molecule has 0 saturated carbocycles. The van der Waals surface area contributed by atoms with Crippen molar-refractivity contribution in [3.05, 3.63) is 121 Å². The van der Waals surface area contributed by atoms with E-state index in [9.17, 15) is 0 Å². The fourth-order valence-corrected chi connectivity index (χ4v) is 9.19. The van der Waals surface area contributed by atoms with Gasteiger partial charge in [-0.25, -0.2) is 0 Å². The molecule has 0 aromatic heterocycles. The Morgan fingerprint density at radius 2 is 0.579 bits per heavy atom. The van der Waals surface area contributed by atoms with Crippen molar-refractivity contribution in [3.8, 4) is 0 Å². The van der Waals surface area contributed by atoms with Gasteiger partial charge in [-0.05, 0) is 0 Å². The van der Waals surface area contributed by atoms with E-state index in [4.69, 9.17) is 30.9 Å². The molecule has 0 nitrogen and oxygen atoms in total. The summed E-state index contributed by atoms with van der Waals surface area (Å²) in [5.74, 6) is 0. The van der Waals surface area contributed by atoms with E-state index >= 15 is 0 Å². The first-order valence-corrected chi connectivity index (χ1v) is 16.1. The van der Waals surface area contributed by atoms with Crippen LogP contribution >= 0.6 is 15.8 Å². The van der Waals surface area contributed by atoms with Crippen LogP contribution in [0.5, 0.6) is 0 Å². The van der Waals surface area contributed by atoms with Crippen molar-refractivity contribution in [1.82, 2.24) is 0 Å². The fourth-order valence-electron chi connectivity index (χ4n) is 3.66. The molecular weight excluding hydrogens is 681 g/mol. The van der Waals surface area contributed by atoms with Crippen molar-refractivity contribution < 1.29 is 80.6 Å². The van der Waals surface area contributed by atoms with E-state index in [-0.39, 0.29) is 65.5 Å². The first kappa shape index (κ1) is 40.0. The van der Waals surface area contributed by atoms with Gasteiger partial charge in [0.1, 0.15) is 0 Å². The minimum absolute atomic E-state index is 0. The first-order chi connectivity index (χ1) is 16.8. The molecule has 0 N–H and O–H groups in total. The number of hydrogen-bond acceptors (Lipinski definition) is 0. The Balaban J connectivity index is 0. The number of halogens is 4. The quantitative estimate of drug-likeness (QED) is 0.114. The normalized spacial score (nSPS) is 9.58. The minimum atomic E-state index is -0.217. The van der Waals surface area contributed by atoms with Crippen LogP contribution in [-0.4, -0.2) is 12.3 Å². The average Bonchev–Trinajstić information content (AvgIpc) is 2.92. The van der Waals surface area contributed by atoms with Crippen LogP contribution in [0.1, 0.15) is 12.8 Å². The zero-order valence-corrected chi connectivity index (χ0v) is 27.6. The third kappa shape index (κ3) is 14.0. The van der Waals surface area contributed by atoms with Gasteiger partial charge in [-0.15, -0.1) is 0 Å². The second-order valence-corrected chi connectivity index (χ2v) is 13.3. The summed E-state index contributed by atoms with van der Waals surface area (Å²) >= 11 is 9.60. The Kier molecular flexibility index (Phi) is 26.0. The molecule has 0 atom stereocenters. The Labute approximate surface area is 272 Å². The number of benzene rings is 4. The molecule has 4 aromatic carbocycles. The van der Waals surface area contributed by atoms with Gasteiger partial charge in [-0.2, -0.15) is 0 Å². The predicted octanol–water partition coefficient (Wildman–Crippen LogP) is -5.04. The summed E-state index contributed by atoms with van der Waals surface area (Å²) in [5.41, 5.74) is 0. The van der Waals surface area contributed by atoms with Gasteiger partial charge in [-0.3, -0.25) is 0 Å². The van der Waals surface area contributed by atoms with E-state index in [0.717, 1.165) is 23.6 Å². The summed E-state index contributed by atoms with van der Waals surface area (Å²) in [7, 11) is -0.434. The van der Waals surface area contributed by atoms with Crippen LogP contribution in [0, 0.1) is 0 Å². The Hall–Kier alpha value is -0.113. The van der Waals surface area contributed by atoms with Gasteiger partial charge >= 0.3 is 225 Å². The van der Waals surface area contributed by atoms with Crippen molar-refractivity contribution in [3.63, 3.8) is 0 Å². The molecule has 0 unspecified atom stereocenters. The SMILES string of the molecule is [Cl-].[Cl-].[Cl-].[Cl-].[Ni+2][CH2]CCP(c1ccccc1)c1ccccc1.[Ni+2][CH2]CCP(c1ccccc1)c1ccccc1. The maximum atomic E-state index is 4.80. The second kappa shape index (κ2) is 24.7. The molecular formula is C30H32Cl4Ni2P2. The van der Waals surface area contributed by atoms with Crippen LogP contribution in [0.15, 0.2) is 121 Å². The predicted molar refractivity (Wildman–Crippen MR) is 147 cm³/mol. The molecule has 0 aliphatic rings. The molecule has 0 fully saturated rings. The Bertz CT molecular complexity index is 881. The zero-order valence-electron chi connectivity index (χ0n) is 20.8. The molecule has 0 bridgehead atoms. The van der Waals surface area contributed by atoms with Crippen molar-refractivity contribution in [2.75, 3.05) is 12.3 Å². The molecule has 210 valence electrons. The third-order valence-corrected chi connectivity index (χ3v) is 11.2. The molecule has 0 heterocycles. The maximum absolute atomic E-state index is 4.80. The molecule has 0 saturated heterocycles. The van der Waals surface area contributed by atoms with Gasteiger partial charge < -0.3 is 49.6 Å².